The van der Waals surface area contributed by atoms with Crippen LogP contribution < -0.4 is 10.2 Å². The van der Waals surface area contributed by atoms with Gasteiger partial charge in [0.05, 0.1) is 17.5 Å². The Morgan fingerprint density at radius 2 is 2.04 bits per heavy atom. The number of carboxylic acids is 1. The SMILES string of the molecule is O=C1NC(=S)N(c2cccc(C(=O)O)c2)C(=O)C1=Cc1ccco1. The third-order valence-corrected chi connectivity index (χ3v) is 3.57. The van der Waals surface area contributed by atoms with Crippen molar-refractivity contribution in [3.8, 4) is 0 Å². The van der Waals surface area contributed by atoms with E-state index in [4.69, 9.17) is 21.7 Å². The zero-order valence-electron chi connectivity index (χ0n) is 12.1. The van der Waals surface area contributed by atoms with Crippen LogP contribution in [0.5, 0.6) is 0 Å². The molecule has 0 radical (unpaired) electrons. The van der Waals surface area contributed by atoms with Crippen LogP contribution in [0.2, 0.25) is 0 Å². The Hall–Kier alpha value is -3.26. The molecule has 0 unspecified atom stereocenters. The standard InChI is InChI=1S/C16H10N2O5S/c19-13-12(8-11-5-2-6-23-11)14(20)18(16(24)17-13)10-4-1-3-9(7-10)15(21)22/h1-8H,(H,21,22)(H,17,19,24). The fourth-order valence-corrected chi connectivity index (χ4v) is 2.47. The summed E-state index contributed by atoms with van der Waals surface area (Å²) in [5.74, 6) is -2.11. The van der Waals surface area contributed by atoms with E-state index in [2.05, 4.69) is 5.32 Å². The van der Waals surface area contributed by atoms with E-state index in [1.165, 1.54) is 36.6 Å². The second-order valence-electron chi connectivity index (χ2n) is 4.83. The Morgan fingerprint density at radius 1 is 1.25 bits per heavy atom. The second-order valence-corrected chi connectivity index (χ2v) is 5.22. The molecule has 3 rings (SSSR count). The molecule has 7 nitrogen and oxygen atoms in total. The molecular formula is C16H10N2O5S. The van der Waals surface area contributed by atoms with Crippen LogP contribution in [-0.2, 0) is 9.59 Å². The molecule has 1 aromatic carbocycles. The molecule has 120 valence electrons. The number of furan rings is 1. The molecule has 8 heteroatoms. The summed E-state index contributed by atoms with van der Waals surface area (Å²) in [7, 11) is 0. The van der Waals surface area contributed by atoms with Crippen LogP contribution in [0.4, 0.5) is 5.69 Å². The van der Waals surface area contributed by atoms with Gasteiger partial charge in [0.2, 0.25) is 0 Å². The summed E-state index contributed by atoms with van der Waals surface area (Å²) in [4.78, 5) is 36.9. The van der Waals surface area contributed by atoms with E-state index >= 15 is 0 Å². The van der Waals surface area contributed by atoms with E-state index < -0.39 is 17.8 Å². The van der Waals surface area contributed by atoms with Crippen molar-refractivity contribution in [1.82, 2.24) is 5.32 Å². The second kappa shape index (κ2) is 6.09. The van der Waals surface area contributed by atoms with Gasteiger partial charge in [-0.1, -0.05) is 6.07 Å². The number of carbonyl (C=O) groups excluding carboxylic acids is 2. The van der Waals surface area contributed by atoms with Gasteiger partial charge in [-0.2, -0.15) is 0 Å². The highest BCUT2D eigenvalue weighted by atomic mass is 32.1. The van der Waals surface area contributed by atoms with Crippen LogP contribution in [0.3, 0.4) is 0 Å². The van der Waals surface area contributed by atoms with Gasteiger partial charge in [0.15, 0.2) is 5.11 Å². The lowest BCUT2D eigenvalue weighted by atomic mass is 10.1. The van der Waals surface area contributed by atoms with Gasteiger partial charge in [0.25, 0.3) is 11.8 Å². The number of hydrogen-bond donors (Lipinski definition) is 2. The lowest BCUT2D eigenvalue weighted by Gasteiger charge is -2.28. The first-order chi connectivity index (χ1) is 11.5. The fourth-order valence-electron chi connectivity index (χ4n) is 2.19. The Balaban J connectivity index is 2.03. The van der Waals surface area contributed by atoms with Crippen molar-refractivity contribution < 1.29 is 23.9 Å². The topological polar surface area (TPSA) is 99.9 Å². The number of hydrogen-bond acceptors (Lipinski definition) is 5. The first-order valence-electron chi connectivity index (χ1n) is 6.75. The first kappa shape index (κ1) is 15.6. The van der Waals surface area contributed by atoms with Gasteiger partial charge in [-0.25, -0.2) is 4.79 Å². The Kier molecular flexibility index (Phi) is 3.97. The molecule has 2 N–H and O–H groups in total. The quantitative estimate of drug-likeness (QED) is 0.501. The minimum Gasteiger partial charge on any atom is -0.478 e. The number of aromatic carboxylic acids is 1. The molecule has 24 heavy (non-hydrogen) atoms. The van der Waals surface area contributed by atoms with E-state index in [9.17, 15) is 14.4 Å². The van der Waals surface area contributed by atoms with E-state index in [1.54, 1.807) is 12.1 Å². The minimum atomic E-state index is -1.14. The van der Waals surface area contributed by atoms with Crippen molar-refractivity contribution in [2.75, 3.05) is 4.90 Å². The van der Waals surface area contributed by atoms with Crippen LogP contribution >= 0.6 is 12.2 Å². The summed E-state index contributed by atoms with van der Waals surface area (Å²) < 4.78 is 5.11. The van der Waals surface area contributed by atoms with E-state index in [0.29, 0.717) is 5.76 Å². The van der Waals surface area contributed by atoms with E-state index in [0.717, 1.165) is 4.90 Å². The highest BCUT2D eigenvalue weighted by Gasteiger charge is 2.34. The number of amides is 2. The average molecular weight is 342 g/mol. The Bertz CT molecular complexity index is 886. The summed E-state index contributed by atoms with van der Waals surface area (Å²) in [6.45, 7) is 0. The summed E-state index contributed by atoms with van der Waals surface area (Å²) in [6, 6.07) is 8.92. The van der Waals surface area contributed by atoms with Crippen molar-refractivity contribution in [1.29, 1.82) is 0 Å². The zero-order chi connectivity index (χ0) is 17.3. The number of anilines is 1. The fraction of sp³-hybridized carbons (Fsp3) is 0. The smallest absolute Gasteiger partial charge is 0.335 e. The average Bonchev–Trinajstić information content (AvgIpc) is 3.04. The molecule has 1 fully saturated rings. The summed E-state index contributed by atoms with van der Waals surface area (Å²) >= 11 is 5.05. The highest BCUT2D eigenvalue weighted by Crippen LogP contribution is 2.23. The number of nitrogens with one attached hydrogen (secondary N) is 1. The largest absolute Gasteiger partial charge is 0.478 e. The third kappa shape index (κ3) is 2.82. The van der Waals surface area contributed by atoms with Crippen molar-refractivity contribution in [3.63, 3.8) is 0 Å². The van der Waals surface area contributed by atoms with Crippen LogP contribution in [-0.4, -0.2) is 28.0 Å². The maximum atomic E-state index is 12.7. The van der Waals surface area contributed by atoms with Gasteiger partial charge in [0, 0.05) is 0 Å². The van der Waals surface area contributed by atoms with Crippen LogP contribution in [0.1, 0.15) is 16.1 Å². The summed E-state index contributed by atoms with van der Waals surface area (Å²) in [5, 5.41) is 11.4. The van der Waals surface area contributed by atoms with Crippen molar-refractivity contribution in [2.24, 2.45) is 0 Å². The van der Waals surface area contributed by atoms with Gasteiger partial charge in [-0.15, -0.1) is 0 Å². The van der Waals surface area contributed by atoms with Crippen molar-refractivity contribution in [2.45, 2.75) is 0 Å². The lowest BCUT2D eigenvalue weighted by molar-refractivity contribution is -0.122. The molecule has 1 aliphatic rings. The molecule has 2 aromatic rings. The number of carboxylic acid groups (broad SMARTS) is 1. The van der Waals surface area contributed by atoms with Crippen LogP contribution in [0.25, 0.3) is 6.08 Å². The molecule has 1 saturated heterocycles. The van der Waals surface area contributed by atoms with Crippen LogP contribution in [0, 0.1) is 0 Å². The molecule has 0 saturated carbocycles. The normalized spacial score (nSPS) is 16.4. The zero-order valence-corrected chi connectivity index (χ0v) is 12.9. The molecule has 0 spiro atoms. The molecule has 0 bridgehead atoms. The predicted octanol–water partition coefficient (Wildman–Crippen LogP) is 1.81. The van der Waals surface area contributed by atoms with Gasteiger partial charge in [0.1, 0.15) is 11.3 Å². The van der Waals surface area contributed by atoms with Crippen molar-refractivity contribution in [3.05, 3.63) is 59.6 Å². The van der Waals surface area contributed by atoms with E-state index in [-0.39, 0.29) is 21.9 Å². The number of nitrogens with zero attached hydrogens (tertiary/aromatic N) is 1. The molecule has 2 heterocycles. The molecule has 2 amide bonds. The number of thiocarbonyl (C=S) groups is 1. The van der Waals surface area contributed by atoms with Gasteiger partial charge in [-0.3, -0.25) is 19.8 Å². The van der Waals surface area contributed by atoms with Gasteiger partial charge < -0.3 is 9.52 Å². The van der Waals surface area contributed by atoms with Crippen molar-refractivity contribution >= 4 is 46.9 Å². The molecule has 0 aliphatic carbocycles. The number of benzene rings is 1. The summed E-state index contributed by atoms with van der Waals surface area (Å²) in [6.07, 6.45) is 2.71. The predicted molar refractivity (Wildman–Crippen MR) is 88.3 cm³/mol. The molecule has 0 atom stereocenters. The maximum absolute atomic E-state index is 12.7. The Labute approximate surface area is 141 Å². The summed E-state index contributed by atoms with van der Waals surface area (Å²) in [5.41, 5.74) is 0.0751. The maximum Gasteiger partial charge on any atom is 0.335 e. The first-order valence-corrected chi connectivity index (χ1v) is 7.16. The number of rotatable bonds is 3. The van der Waals surface area contributed by atoms with Gasteiger partial charge in [-0.05, 0) is 48.6 Å². The monoisotopic (exact) mass is 342 g/mol. The van der Waals surface area contributed by atoms with Gasteiger partial charge >= 0.3 is 5.97 Å². The lowest BCUT2D eigenvalue weighted by Crippen LogP contribution is -2.54. The molecular weight excluding hydrogens is 332 g/mol. The number of carbonyl (C=O) groups is 3. The molecule has 1 aromatic heterocycles. The molecule has 1 aliphatic heterocycles. The van der Waals surface area contributed by atoms with Crippen LogP contribution in [0.15, 0.2) is 52.7 Å². The van der Waals surface area contributed by atoms with E-state index in [1.807, 2.05) is 0 Å². The highest BCUT2D eigenvalue weighted by molar-refractivity contribution is 7.80. The Morgan fingerprint density at radius 3 is 2.71 bits per heavy atom. The minimum absolute atomic E-state index is 0.00318. The third-order valence-electron chi connectivity index (χ3n) is 3.28.